The number of hydrogen-bond donors (Lipinski definition) is 15. The Morgan fingerprint density at radius 2 is 1.17 bits per heavy atom. The van der Waals surface area contributed by atoms with Gasteiger partial charge in [-0.2, -0.15) is 0 Å². The molecule has 3 fully saturated rings. The van der Waals surface area contributed by atoms with E-state index in [0.717, 1.165) is 0 Å². The Labute approximate surface area is 269 Å². The van der Waals surface area contributed by atoms with Crippen LogP contribution in [0.25, 0.3) is 0 Å². The van der Waals surface area contributed by atoms with Gasteiger partial charge in [-0.15, -0.1) is 0 Å². The number of hydrogen-bond acceptors (Lipinski definition) is 19. The summed E-state index contributed by atoms with van der Waals surface area (Å²) in [5, 5.41) is 99.2. The maximum absolute atomic E-state index is 12.9. The summed E-state index contributed by atoms with van der Waals surface area (Å²) in [7, 11) is 0. The van der Waals surface area contributed by atoms with Crippen molar-refractivity contribution in [2.75, 3.05) is 26.2 Å². The van der Waals surface area contributed by atoms with Crippen molar-refractivity contribution in [1.82, 2.24) is 10.6 Å². The van der Waals surface area contributed by atoms with Crippen molar-refractivity contribution in [2.45, 2.75) is 123 Å². The maximum Gasteiger partial charge on any atom is 0.249 e. The first-order valence-electron chi connectivity index (χ1n) is 15.3. The van der Waals surface area contributed by atoms with E-state index in [0.29, 0.717) is 0 Å². The van der Waals surface area contributed by atoms with Crippen LogP contribution >= 0.6 is 0 Å². The van der Waals surface area contributed by atoms with Crippen molar-refractivity contribution in [1.29, 1.82) is 0 Å². The average molecular weight is 687 g/mol. The van der Waals surface area contributed by atoms with E-state index in [1.54, 1.807) is 0 Å². The highest BCUT2D eigenvalue weighted by molar-refractivity contribution is 5.81. The highest BCUT2D eigenvalue weighted by atomic mass is 16.7. The Morgan fingerprint density at radius 3 is 1.62 bits per heavy atom. The highest BCUT2D eigenvalue weighted by Gasteiger charge is 2.53. The quantitative estimate of drug-likeness (QED) is 0.0806. The van der Waals surface area contributed by atoms with Gasteiger partial charge in [-0.1, -0.05) is 0 Å². The Morgan fingerprint density at radius 1 is 0.702 bits per heavy atom. The zero-order chi connectivity index (χ0) is 35.2. The molecule has 0 bridgehead atoms. The van der Waals surface area contributed by atoms with Crippen LogP contribution in [0, 0.1) is 0 Å². The number of aliphatic hydroxyl groups is 9. The number of ether oxygens (including phenoxy) is 4. The van der Waals surface area contributed by atoms with Gasteiger partial charge in [0, 0.05) is 6.54 Å². The van der Waals surface area contributed by atoms with E-state index in [2.05, 4.69) is 10.6 Å². The van der Waals surface area contributed by atoms with Gasteiger partial charge in [-0.05, 0) is 32.4 Å². The molecule has 1 aliphatic carbocycles. The molecule has 0 radical (unpaired) electrons. The van der Waals surface area contributed by atoms with E-state index < -0.39 is 122 Å². The number of aliphatic hydroxyl groups excluding tert-OH is 9. The minimum Gasteiger partial charge on any atom is -0.394 e. The summed E-state index contributed by atoms with van der Waals surface area (Å²) in [5.41, 5.74) is 22.4. The average Bonchev–Trinajstić information content (AvgIpc) is 3.04. The van der Waals surface area contributed by atoms with Crippen molar-refractivity contribution in [3.8, 4) is 0 Å². The summed E-state index contributed by atoms with van der Waals surface area (Å²) < 4.78 is 22.8. The van der Waals surface area contributed by atoms with Gasteiger partial charge in [0.2, 0.25) is 11.8 Å². The normalized spacial score (nSPS) is 42.4. The highest BCUT2D eigenvalue weighted by Crippen LogP contribution is 2.33. The third kappa shape index (κ3) is 9.29. The largest absolute Gasteiger partial charge is 0.394 e. The molecular formula is C26H50N6O15. The molecule has 2 heterocycles. The van der Waals surface area contributed by atoms with Gasteiger partial charge < -0.3 is 98.5 Å². The molecular weight excluding hydrogens is 636 g/mol. The van der Waals surface area contributed by atoms with Gasteiger partial charge in [0.25, 0.3) is 0 Å². The Kier molecular flexibility index (Phi) is 15.0. The first kappa shape index (κ1) is 39.7. The molecule has 0 spiro atoms. The fourth-order valence-corrected chi connectivity index (χ4v) is 5.74. The molecule has 17 atom stereocenters. The third-order valence-corrected chi connectivity index (χ3v) is 8.54. The standard InChI is InChI=1S/C26H50N6O15/c27-3-1-10(34)23(42)31-8-5-9(32-24(43)11(35)2-4-28)22(47-26-19(40)18(39)16(37)12(6-29)44-26)20(41)21(8)46-25-17(38)14(30)15(36)13(7-33)45-25/h8-22,25-26,33-41H,1-7,27-30H2,(H,31,42)(H,32,43)/t8-,9+,10?,11+,12?,13?,14+,15-,16-,17?,18?,19?,20?,21+,22?,25-,26-/m1/s1. The van der Waals surface area contributed by atoms with Gasteiger partial charge in [0.15, 0.2) is 12.6 Å². The predicted molar refractivity (Wildman–Crippen MR) is 155 cm³/mol. The van der Waals surface area contributed by atoms with Crippen molar-refractivity contribution < 1.29 is 74.5 Å². The molecule has 274 valence electrons. The molecule has 2 amide bonds. The van der Waals surface area contributed by atoms with Gasteiger partial charge in [0.05, 0.1) is 24.7 Å². The second-order valence-corrected chi connectivity index (χ2v) is 11.9. The third-order valence-electron chi connectivity index (χ3n) is 8.54. The summed E-state index contributed by atoms with van der Waals surface area (Å²) in [6.45, 7) is -1.18. The summed E-state index contributed by atoms with van der Waals surface area (Å²) >= 11 is 0. The van der Waals surface area contributed by atoms with Crippen molar-refractivity contribution in [3.63, 3.8) is 0 Å². The zero-order valence-corrected chi connectivity index (χ0v) is 25.5. The molecule has 19 N–H and O–H groups in total. The summed E-state index contributed by atoms with van der Waals surface area (Å²) in [4.78, 5) is 25.8. The SMILES string of the molecule is NCCC(O)C(=O)N[C@@H]1C[C@H](NC(=O)[C@@H](O)CCN)C(O[C@H]2OC(CN)[C@@H](O)C(O)C2O)C(O)[C@H]1O[C@H]1OC(CO)[C@@H](O)[C@H](N)C1O. The monoisotopic (exact) mass is 686 g/mol. The molecule has 1 saturated carbocycles. The van der Waals surface area contributed by atoms with Gasteiger partial charge in [-0.3, -0.25) is 9.59 Å². The van der Waals surface area contributed by atoms with E-state index in [1.807, 2.05) is 0 Å². The second-order valence-electron chi connectivity index (χ2n) is 11.9. The molecule has 2 saturated heterocycles. The molecule has 0 aromatic carbocycles. The summed E-state index contributed by atoms with van der Waals surface area (Å²) in [6, 6.07) is -4.01. The number of nitrogens with one attached hydrogen (secondary N) is 2. The smallest absolute Gasteiger partial charge is 0.249 e. The molecule has 2 aliphatic heterocycles. The van der Waals surface area contributed by atoms with Gasteiger partial charge >= 0.3 is 0 Å². The number of amides is 2. The Balaban J connectivity index is 2.00. The minimum atomic E-state index is -1.93. The molecule has 3 aliphatic rings. The van der Waals surface area contributed by atoms with Crippen molar-refractivity contribution in [2.24, 2.45) is 22.9 Å². The van der Waals surface area contributed by atoms with Crippen LogP contribution in [0.4, 0.5) is 0 Å². The Bertz CT molecular complexity index is 928. The van der Waals surface area contributed by atoms with Crippen LogP contribution in [-0.2, 0) is 28.5 Å². The van der Waals surface area contributed by atoms with Gasteiger partial charge in [0.1, 0.15) is 73.2 Å². The second kappa shape index (κ2) is 17.8. The zero-order valence-electron chi connectivity index (χ0n) is 25.5. The lowest BCUT2D eigenvalue weighted by Crippen LogP contribution is -2.70. The number of carbonyl (C=O) groups excluding carboxylic acids is 2. The molecule has 21 nitrogen and oxygen atoms in total. The van der Waals surface area contributed by atoms with Crippen LogP contribution in [-0.4, -0.2) is 188 Å². The molecule has 47 heavy (non-hydrogen) atoms. The topological polar surface area (TPSA) is 381 Å². The van der Waals surface area contributed by atoms with E-state index in [9.17, 15) is 55.5 Å². The molecule has 3 rings (SSSR count). The lowest BCUT2D eigenvalue weighted by atomic mass is 9.82. The van der Waals surface area contributed by atoms with E-state index >= 15 is 0 Å². The van der Waals surface area contributed by atoms with Gasteiger partial charge in [-0.25, -0.2) is 0 Å². The fourth-order valence-electron chi connectivity index (χ4n) is 5.74. The first-order chi connectivity index (χ1) is 22.2. The fraction of sp³-hybridized carbons (Fsp3) is 0.923. The molecule has 0 aromatic rings. The Hall–Kier alpha value is -1.74. The minimum absolute atomic E-state index is 0.0611. The first-order valence-corrected chi connectivity index (χ1v) is 15.3. The van der Waals surface area contributed by atoms with Crippen LogP contribution in [0.5, 0.6) is 0 Å². The molecule has 21 heteroatoms. The van der Waals surface area contributed by atoms with E-state index in [-0.39, 0.29) is 38.9 Å². The van der Waals surface area contributed by atoms with Crippen LogP contribution in [0.2, 0.25) is 0 Å². The lowest BCUT2D eigenvalue weighted by molar-refractivity contribution is -0.333. The number of nitrogens with two attached hydrogens (primary N) is 4. The molecule has 8 unspecified atom stereocenters. The van der Waals surface area contributed by atoms with Crippen LogP contribution in [0.1, 0.15) is 19.3 Å². The molecule has 0 aromatic heterocycles. The van der Waals surface area contributed by atoms with E-state index in [4.69, 9.17) is 41.9 Å². The maximum atomic E-state index is 12.9. The van der Waals surface area contributed by atoms with E-state index in [1.165, 1.54) is 0 Å². The number of carbonyl (C=O) groups is 2. The van der Waals surface area contributed by atoms with Crippen molar-refractivity contribution in [3.05, 3.63) is 0 Å². The van der Waals surface area contributed by atoms with Crippen LogP contribution in [0.15, 0.2) is 0 Å². The summed E-state index contributed by atoms with van der Waals surface area (Å²) in [5.74, 6) is -1.90. The predicted octanol–water partition coefficient (Wildman–Crippen LogP) is -9.56. The van der Waals surface area contributed by atoms with Crippen LogP contribution in [0.3, 0.4) is 0 Å². The van der Waals surface area contributed by atoms with Crippen LogP contribution < -0.4 is 33.6 Å². The summed E-state index contributed by atoms with van der Waals surface area (Å²) in [6.07, 6.45) is -23.6. The number of rotatable bonds is 14. The van der Waals surface area contributed by atoms with Crippen molar-refractivity contribution >= 4 is 11.8 Å². The lowest BCUT2D eigenvalue weighted by Gasteiger charge is -2.49.